The lowest BCUT2D eigenvalue weighted by atomic mass is 10.0. The van der Waals surface area contributed by atoms with Gasteiger partial charge in [-0.3, -0.25) is 0 Å². The topological polar surface area (TPSA) is 40.6 Å². The molecule has 1 fully saturated rings. The third-order valence-electron chi connectivity index (χ3n) is 5.55. The molecule has 3 aromatic carbocycles. The SMILES string of the molecule is Clc1ccc(OC2CCCCO2)c(-c2ccc(OCc3ccc4ccccc4n3)cc2)c1. The van der Waals surface area contributed by atoms with Gasteiger partial charge in [-0.1, -0.05) is 48.0 Å². The number of hydrogen-bond acceptors (Lipinski definition) is 4. The molecule has 162 valence electrons. The molecule has 4 nitrogen and oxygen atoms in total. The molecule has 0 aliphatic carbocycles. The van der Waals surface area contributed by atoms with Gasteiger partial charge < -0.3 is 14.2 Å². The van der Waals surface area contributed by atoms with Gasteiger partial charge in [0.1, 0.15) is 18.1 Å². The van der Waals surface area contributed by atoms with Crippen LogP contribution in [-0.4, -0.2) is 17.9 Å². The fraction of sp³-hybridized carbons (Fsp3) is 0.222. The number of hydrogen-bond donors (Lipinski definition) is 0. The summed E-state index contributed by atoms with van der Waals surface area (Å²) in [4.78, 5) is 4.66. The van der Waals surface area contributed by atoms with E-state index in [1.165, 1.54) is 0 Å². The van der Waals surface area contributed by atoms with Gasteiger partial charge in [0.25, 0.3) is 0 Å². The molecule has 1 aliphatic rings. The third kappa shape index (κ3) is 4.87. The molecule has 0 bridgehead atoms. The summed E-state index contributed by atoms with van der Waals surface area (Å²) in [6.45, 7) is 1.15. The van der Waals surface area contributed by atoms with Crippen LogP contribution in [0.25, 0.3) is 22.0 Å². The van der Waals surface area contributed by atoms with Crippen molar-refractivity contribution in [3.8, 4) is 22.6 Å². The summed E-state index contributed by atoms with van der Waals surface area (Å²) in [5, 5.41) is 1.79. The summed E-state index contributed by atoms with van der Waals surface area (Å²) < 4.78 is 17.9. The number of ether oxygens (including phenoxy) is 3. The summed E-state index contributed by atoms with van der Waals surface area (Å²) in [6, 6.07) is 25.8. The first-order valence-electron chi connectivity index (χ1n) is 10.9. The van der Waals surface area contributed by atoms with Crippen LogP contribution in [0.2, 0.25) is 5.02 Å². The minimum atomic E-state index is -0.208. The number of halogens is 1. The number of nitrogens with zero attached hydrogens (tertiary/aromatic N) is 1. The van der Waals surface area contributed by atoms with Crippen molar-refractivity contribution in [3.63, 3.8) is 0 Å². The molecule has 32 heavy (non-hydrogen) atoms. The first-order chi connectivity index (χ1) is 15.7. The van der Waals surface area contributed by atoms with Crippen molar-refractivity contribution in [1.82, 2.24) is 4.98 Å². The molecule has 2 heterocycles. The first kappa shape index (κ1) is 20.8. The smallest absolute Gasteiger partial charge is 0.199 e. The van der Waals surface area contributed by atoms with Crippen molar-refractivity contribution in [2.75, 3.05) is 6.61 Å². The maximum absolute atomic E-state index is 6.28. The Morgan fingerprint density at radius 1 is 0.938 bits per heavy atom. The molecule has 5 heteroatoms. The van der Waals surface area contributed by atoms with E-state index >= 15 is 0 Å². The van der Waals surface area contributed by atoms with Crippen LogP contribution in [0.3, 0.4) is 0 Å². The largest absolute Gasteiger partial charge is 0.487 e. The number of aromatic nitrogens is 1. The number of para-hydroxylation sites is 1. The fourth-order valence-corrected chi connectivity index (χ4v) is 4.03. The van der Waals surface area contributed by atoms with Crippen LogP contribution in [-0.2, 0) is 11.3 Å². The standard InChI is InChI=1S/C27H24ClNO3/c28-21-11-15-26(32-27-7-3-4-16-30-27)24(17-21)19-9-13-23(14-10-19)31-18-22-12-8-20-5-1-2-6-25(20)29-22/h1-2,5-6,8-15,17,27H,3-4,7,16,18H2. The van der Waals surface area contributed by atoms with E-state index in [1.807, 2.05) is 66.7 Å². The van der Waals surface area contributed by atoms with Gasteiger partial charge in [0.15, 0.2) is 6.29 Å². The predicted octanol–water partition coefficient (Wildman–Crippen LogP) is 7.04. The highest BCUT2D eigenvalue weighted by atomic mass is 35.5. The van der Waals surface area contributed by atoms with Crippen LogP contribution in [0, 0.1) is 0 Å². The van der Waals surface area contributed by atoms with Crippen LogP contribution in [0.4, 0.5) is 0 Å². The minimum absolute atomic E-state index is 0.208. The van der Waals surface area contributed by atoms with Gasteiger partial charge in [-0.05, 0) is 60.9 Å². The predicted molar refractivity (Wildman–Crippen MR) is 127 cm³/mol. The van der Waals surface area contributed by atoms with Crippen molar-refractivity contribution in [1.29, 1.82) is 0 Å². The van der Waals surface area contributed by atoms with Crippen LogP contribution in [0.1, 0.15) is 25.0 Å². The van der Waals surface area contributed by atoms with E-state index in [-0.39, 0.29) is 6.29 Å². The van der Waals surface area contributed by atoms with E-state index in [2.05, 4.69) is 17.1 Å². The van der Waals surface area contributed by atoms with E-state index in [4.69, 9.17) is 25.8 Å². The maximum atomic E-state index is 6.28. The van der Waals surface area contributed by atoms with Gasteiger partial charge in [-0.15, -0.1) is 0 Å². The van der Waals surface area contributed by atoms with Crippen molar-refractivity contribution < 1.29 is 14.2 Å². The quantitative estimate of drug-likeness (QED) is 0.319. The molecule has 1 saturated heterocycles. The Labute approximate surface area is 192 Å². The molecule has 0 N–H and O–H groups in total. The fourth-order valence-electron chi connectivity index (χ4n) is 3.85. The van der Waals surface area contributed by atoms with Crippen molar-refractivity contribution >= 4 is 22.5 Å². The van der Waals surface area contributed by atoms with Crippen molar-refractivity contribution in [3.05, 3.63) is 89.6 Å². The van der Waals surface area contributed by atoms with Crippen molar-refractivity contribution in [2.24, 2.45) is 0 Å². The molecule has 0 amide bonds. The van der Waals surface area contributed by atoms with Crippen molar-refractivity contribution in [2.45, 2.75) is 32.2 Å². The molecular weight excluding hydrogens is 422 g/mol. The van der Waals surface area contributed by atoms with E-state index in [0.717, 1.165) is 65.1 Å². The number of fused-ring (bicyclic) bond motifs is 1. The van der Waals surface area contributed by atoms with E-state index in [1.54, 1.807) is 0 Å². The minimum Gasteiger partial charge on any atom is -0.487 e. The van der Waals surface area contributed by atoms with Gasteiger partial charge in [-0.25, -0.2) is 4.98 Å². The number of rotatable bonds is 6. The Bertz CT molecular complexity index is 1200. The molecule has 5 rings (SSSR count). The lowest BCUT2D eigenvalue weighted by Gasteiger charge is -2.24. The average Bonchev–Trinajstić information content (AvgIpc) is 2.85. The Morgan fingerprint density at radius 3 is 2.66 bits per heavy atom. The molecule has 0 spiro atoms. The zero-order valence-electron chi connectivity index (χ0n) is 17.7. The highest BCUT2D eigenvalue weighted by Crippen LogP contribution is 2.35. The summed E-state index contributed by atoms with van der Waals surface area (Å²) in [7, 11) is 0. The van der Waals surface area contributed by atoms with Crippen LogP contribution >= 0.6 is 11.6 Å². The molecule has 1 aliphatic heterocycles. The number of benzene rings is 3. The normalized spacial score (nSPS) is 16.1. The molecule has 0 radical (unpaired) electrons. The Morgan fingerprint density at radius 2 is 1.81 bits per heavy atom. The van der Waals surface area contributed by atoms with Gasteiger partial charge in [0.2, 0.25) is 0 Å². The highest BCUT2D eigenvalue weighted by Gasteiger charge is 2.18. The maximum Gasteiger partial charge on any atom is 0.199 e. The van der Waals surface area contributed by atoms with Gasteiger partial charge >= 0.3 is 0 Å². The van der Waals surface area contributed by atoms with Crippen LogP contribution < -0.4 is 9.47 Å². The van der Waals surface area contributed by atoms with Gasteiger partial charge in [-0.2, -0.15) is 0 Å². The average molecular weight is 446 g/mol. The van der Waals surface area contributed by atoms with Crippen LogP contribution in [0.15, 0.2) is 78.9 Å². The Hall–Kier alpha value is -3.08. The monoisotopic (exact) mass is 445 g/mol. The third-order valence-corrected chi connectivity index (χ3v) is 5.78. The highest BCUT2D eigenvalue weighted by molar-refractivity contribution is 6.31. The zero-order valence-corrected chi connectivity index (χ0v) is 18.4. The zero-order chi connectivity index (χ0) is 21.8. The molecule has 1 aromatic heterocycles. The number of pyridine rings is 1. The second kappa shape index (κ2) is 9.60. The molecule has 0 saturated carbocycles. The molecule has 1 unspecified atom stereocenters. The van der Waals surface area contributed by atoms with E-state index in [0.29, 0.717) is 11.6 Å². The second-order valence-corrected chi connectivity index (χ2v) is 8.30. The van der Waals surface area contributed by atoms with E-state index < -0.39 is 0 Å². The van der Waals surface area contributed by atoms with E-state index in [9.17, 15) is 0 Å². The first-order valence-corrected chi connectivity index (χ1v) is 11.3. The lowest BCUT2D eigenvalue weighted by Crippen LogP contribution is -2.25. The molecule has 4 aromatic rings. The Kier molecular flexibility index (Phi) is 6.24. The summed E-state index contributed by atoms with van der Waals surface area (Å²) in [6.07, 6.45) is 2.90. The summed E-state index contributed by atoms with van der Waals surface area (Å²) >= 11 is 6.28. The van der Waals surface area contributed by atoms with Gasteiger partial charge in [0.05, 0.1) is 17.8 Å². The Balaban J connectivity index is 1.30. The van der Waals surface area contributed by atoms with Gasteiger partial charge in [0, 0.05) is 22.4 Å². The second-order valence-electron chi connectivity index (χ2n) is 7.86. The summed E-state index contributed by atoms with van der Waals surface area (Å²) in [5.74, 6) is 1.55. The summed E-state index contributed by atoms with van der Waals surface area (Å²) in [5.41, 5.74) is 3.81. The molecular formula is C27H24ClNO3. The van der Waals surface area contributed by atoms with Crippen LogP contribution in [0.5, 0.6) is 11.5 Å². The molecule has 1 atom stereocenters. The lowest BCUT2D eigenvalue weighted by molar-refractivity contribution is -0.105.